The maximum absolute atomic E-state index is 12.9. The van der Waals surface area contributed by atoms with Crippen molar-refractivity contribution in [2.24, 2.45) is 0 Å². The van der Waals surface area contributed by atoms with Crippen molar-refractivity contribution in [3.8, 4) is 11.3 Å². The van der Waals surface area contributed by atoms with Crippen molar-refractivity contribution in [3.63, 3.8) is 0 Å². The topological polar surface area (TPSA) is 68.0 Å². The first kappa shape index (κ1) is 20.4. The average molecular weight is 436 g/mol. The summed E-state index contributed by atoms with van der Waals surface area (Å²) in [7, 11) is 0. The van der Waals surface area contributed by atoms with Crippen LogP contribution in [0.1, 0.15) is 32.9 Å². The summed E-state index contributed by atoms with van der Waals surface area (Å²) in [6, 6.07) is 15.8. The molecule has 2 heterocycles. The highest BCUT2D eigenvalue weighted by atomic mass is 32.2. The van der Waals surface area contributed by atoms with Crippen LogP contribution in [0.25, 0.3) is 11.3 Å². The molecule has 0 bridgehead atoms. The molecule has 0 aliphatic carbocycles. The molecule has 2 aromatic heterocycles. The van der Waals surface area contributed by atoms with Crippen LogP contribution < -0.4 is 5.32 Å². The maximum Gasteiger partial charge on any atom is 0.258 e. The third kappa shape index (κ3) is 4.47. The summed E-state index contributed by atoms with van der Waals surface area (Å²) in [5.41, 5.74) is 5.67. The molecule has 0 fully saturated rings. The summed E-state index contributed by atoms with van der Waals surface area (Å²) in [5, 5.41) is 9.48. The number of hydrogen-bond acceptors (Lipinski definition) is 6. The Morgan fingerprint density at radius 3 is 2.60 bits per heavy atom. The molecule has 5 nitrogen and oxygen atoms in total. The van der Waals surface area contributed by atoms with Gasteiger partial charge in [-0.25, -0.2) is 4.98 Å². The number of thiazole rings is 1. The van der Waals surface area contributed by atoms with E-state index in [4.69, 9.17) is 4.52 Å². The first-order chi connectivity index (χ1) is 14.5. The van der Waals surface area contributed by atoms with E-state index in [-0.39, 0.29) is 5.91 Å². The van der Waals surface area contributed by atoms with Crippen LogP contribution in [-0.4, -0.2) is 16.0 Å². The van der Waals surface area contributed by atoms with E-state index < -0.39 is 0 Å². The van der Waals surface area contributed by atoms with Gasteiger partial charge in [0, 0.05) is 27.2 Å². The van der Waals surface area contributed by atoms with Crippen molar-refractivity contribution in [3.05, 3.63) is 82.1 Å². The van der Waals surface area contributed by atoms with E-state index in [0.29, 0.717) is 16.4 Å². The predicted octanol–water partition coefficient (Wildman–Crippen LogP) is 6.27. The third-order valence-electron chi connectivity index (χ3n) is 4.76. The van der Waals surface area contributed by atoms with E-state index in [1.807, 2.05) is 55.6 Å². The number of hydrogen-bond donors (Lipinski definition) is 1. The van der Waals surface area contributed by atoms with Crippen LogP contribution in [0.5, 0.6) is 0 Å². The van der Waals surface area contributed by atoms with Crippen molar-refractivity contribution in [2.45, 2.75) is 31.4 Å². The Labute approximate surface area is 183 Å². The second-order valence-corrected chi connectivity index (χ2v) is 8.82. The number of nitrogens with one attached hydrogen (secondary N) is 1. The summed E-state index contributed by atoms with van der Waals surface area (Å²) in [5.74, 6) is 1.34. The Morgan fingerprint density at radius 1 is 1.10 bits per heavy atom. The number of aromatic nitrogens is 2. The molecule has 0 unspecified atom stereocenters. The number of benzene rings is 2. The van der Waals surface area contributed by atoms with E-state index in [1.165, 1.54) is 16.9 Å². The molecular formula is C23H21N3O2S2. The number of thioether (sulfide) groups is 1. The summed E-state index contributed by atoms with van der Waals surface area (Å²) >= 11 is 3.02. The van der Waals surface area contributed by atoms with Gasteiger partial charge in [-0.1, -0.05) is 47.1 Å². The zero-order valence-corrected chi connectivity index (χ0v) is 18.6. The largest absolute Gasteiger partial charge is 0.361 e. The lowest BCUT2D eigenvalue weighted by Gasteiger charge is -2.08. The van der Waals surface area contributed by atoms with E-state index >= 15 is 0 Å². The van der Waals surface area contributed by atoms with Crippen LogP contribution in [0.3, 0.4) is 0 Å². The molecule has 1 amide bonds. The lowest BCUT2D eigenvalue weighted by molar-refractivity contribution is 0.102. The number of carbonyl (C=O) groups excluding carboxylic acids is 1. The summed E-state index contributed by atoms with van der Waals surface area (Å²) < 4.78 is 5.24. The molecule has 0 saturated carbocycles. The van der Waals surface area contributed by atoms with Gasteiger partial charge in [0.15, 0.2) is 5.13 Å². The number of amides is 1. The normalized spacial score (nSPS) is 10.9. The van der Waals surface area contributed by atoms with Gasteiger partial charge in [0.05, 0.1) is 17.0 Å². The van der Waals surface area contributed by atoms with Gasteiger partial charge in [-0.15, -0.1) is 23.1 Å². The second kappa shape index (κ2) is 8.85. The van der Waals surface area contributed by atoms with Crippen LogP contribution in [0, 0.1) is 20.8 Å². The van der Waals surface area contributed by atoms with Crippen molar-refractivity contribution >= 4 is 34.1 Å². The van der Waals surface area contributed by atoms with Gasteiger partial charge in [-0.3, -0.25) is 10.1 Å². The van der Waals surface area contributed by atoms with Crippen molar-refractivity contribution < 1.29 is 9.32 Å². The molecule has 0 saturated heterocycles. The number of carbonyl (C=O) groups is 1. The fourth-order valence-corrected chi connectivity index (χ4v) is 4.91. The van der Waals surface area contributed by atoms with Crippen LogP contribution in [-0.2, 0) is 5.75 Å². The summed E-state index contributed by atoms with van der Waals surface area (Å²) in [6.07, 6.45) is 0. The van der Waals surface area contributed by atoms with Crippen molar-refractivity contribution in [1.82, 2.24) is 10.1 Å². The molecule has 0 spiro atoms. The van der Waals surface area contributed by atoms with Crippen molar-refractivity contribution in [1.29, 1.82) is 0 Å². The SMILES string of the molecule is Cc1ccc(-c2csc(NC(=O)c3ccccc3SCc3c(C)noc3C)n2)cc1. The molecule has 2 aromatic carbocycles. The molecule has 0 aliphatic heterocycles. The van der Waals surface area contributed by atoms with Gasteiger partial charge < -0.3 is 4.52 Å². The lowest BCUT2D eigenvalue weighted by Crippen LogP contribution is -2.12. The Balaban J connectivity index is 1.48. The molecule has 0 atom stereocenters. The van der Waals surface area contributed by atoms with E-state index in [0.717, 1.165) is 33.2 Å². The maximum atomic E-state index is 12.9. The summed E-state index contributed by atoms with van der Waals surface area (Å²) in [6.45, 7) is 5.89. The molecule has 0 radical (unpaired) electrons. The molecule has 4 rings (SSSR count). The molecule has 30 heavy (non-hydrogen) atoms. The Bertz CT molecular complexity index is 1160. The minimum Gasteiger partial charge on any atom is -0.361 e. The fraction of sp³-hybridized carbons (Fsp3) is 0.174. The molecular weight excluding hydrogens is 414 g/mol. The zero-order valence-electron chi connectivity index (χ0n) is 16.9. The van der Waals surface area contributed by atoms with Gasteiger partial charge in [0.2, 0.25) is 0 Å². The minimum absolute atomic E-state index is 0.165. The minimum atomic E-state index is -0.165. The quantitative estimate of drug-likeness (QED) is 0.362. The Kier molecular flexibility index (Phi) is 6.01. The Morgan fingerprint density at radius 2 is 1.87 bits per heavy atom. The Hall–Kier alpha value is -2.90. The first-order valence-corrected chi connectivity index (χ1v) is 11.4. The van der Waals surface area contributed by atoms with Gasteiger partial charge in [0.1, 0.15) is 5.76 Å². The smallest absolute Gasteiger partial charge is 0.258 e. The van der Waals surface area contributed by atoms with Gasteiger partial charge >= 0.3 is 0 Å². The first-order valence-electron chi connectivity index (χ1n) is 9.49. The highest BCUT2D eigenvalue weighted by molar-refractivity contribution is 7.98. The monoisotopic (exact) mass is 435 g/mol. The highest BCUT2D eigenvalue weighted by Gasteiger charge is 2.16. The number of nitrogens with zero attached hydrogens (tertiary/aromatic N) is 2. The van der Waals surface area contributed by atoms with Crippen LogP contribution in [0.2, 0.25) is 0 Å². The van der Waals surface area contributed by atoms with Crippen LogP contribution in [0.4, 0.5) is 5.13 Å². The van der Waals surface area contributed by atoms with E-state index in [1.54, 1.807) is 11.8 Å². The fourth-order valence-electron chi connectivity index (χ4n) is 2.99. The highest BCUT2D eigenvalue weighted by Crippen LogP contribution is 2.30. The molecule has 1 N–H and O–H groups in total. The molecule has 4 aromatic rings. The average Bonchev–Trinajstić information content (AvgIpc) is 3.34. The lowest BCUT2D eigenvalue weighted by atomic mass is 10.1. The van der Waals surface area contributed by atoms with Crippen LogP contribution in [0.15, 0.2) is 63.3 Å². The van der Waals surface area contributed by atoms with Crippen LogP contribution >= 0.6 is 23.1 Å². The van der Waals surface area contributed by atoms with E-state index in [2.05, 4.69) is 34.5 Å². The second-order valence-electron chi connectivity index (χ2n) is 6.95. The molecule has 0 aliphatic rings. The number of aryl methyl sites for hydroxylation is 3. The molecule has 7 heteroatoms. The number of anilines is 1. The summed E-state index contributed by atoms with van der Waals surface area (Å²) in [4.78, 5) is 18.4. The third-order valence-corrected chi connectivity index (χ3v) is 6.61. The zero-order chi connectivity index (χ0) is 21.1. The number of rotatable bonds is 6. The van der Waals surface area contributed by atoms with Crippen molar-refractivity contribution in [2.75, 3.05) is 5.32 Å². The molecule has 152 valence electrons. The van der Waals surface area contributed by atoms with Gasteiger partial charge in [0.25, 0.3) is 5.91 Å². The standard InChI is InChI=1S/C23H21N3O2S2/c1-14-8-10-17(11-9-14)20-13-30-23(24-20)25-22(27)18-6-4-5-7-21(18)29-12-19-15(2)26-28-16(19)3/h4-11,13H,12H2,1-3H3,(H,24,25,27). The van der Waals surface area contributed by atoms with E-state index in [9.17, 15) is 4.79 Å². The van der Waals surface area contributed by atoms with Gasteiger partial charge in [-0.2, -0.15) is 0 Å². The predicted molar refractivity (Wildman–Crippen MR) is 122 cm³/mol. The van der Waals surface area contributed by atoms with Gasteiger partial charge in [-0.05, 0) is 32.9 Å².